The number of carbonyl (C=O) groups is 1. The van der Waals surface area contributed by atoms with Crippen LogP contribution in [-0.2, 0) is 9.53 Å². The number of ketones is 1. The Morgan fingerprint density at radius 2 is 2.08 bits per heavy atom. The molecule has 0 spiro atoms. The average Bonchev–Trinajstić information content (AvgIpc) is 2.03. The van der Waals surface area contributed by atoms with E-state index in [-0.39, 0.29) is 5.78 Å². The first-order chi connectivity index (χ1) is 6.16. The Bertz CT molecular complexity index is 130. The monoisotopic (exact) mass is 186 g/mol. The third kappa shape index (κ3) is 9.54. The summed E-state index contributed by atoms with van der Waals surface area (Å²) in [5.41, 5.74) is 0. The summed E-state index contributed by atoms with van der Waals surface area (Å²) < 4.78 is 5.25. The van der Waals surface area contributed by atoms with Gasteiger partial charge in [-0.2, -0.15) is 0 Å². The van der Waals surface area contributed by atoms with E-state index >= 15 is 0 Å². The first-order valence-corrected chi connectivity index (χ1v) is 5.26. The lowest BCUT2D eigenvalue weighted by atomic mass is 10.1. The quantitative estimate of drug-likeness (QED) is 0.545. The van der Waals surface area contributed by atoms with E-state index < -0.39 is 0 Å². The van der Waals surface area contributed by atoms with Crippen molar-refractivity contribution in [2.24, 2.45) is 5.92 Å². The van der Waals surface area contributed by atoms with Crippen molar-refractivity contribution in [3.05, 3.63) is 0 Å². The summed E-state index contributed by atoms with van der Waals surface area (Å²) in [5, 5.41) is 0. The summed E-state index contributed by atoms with van der Waals surface area (Å²) in [5.74, 6) is 0.960. The molecular formula is C11H22O2. The SMILES string of the molecule is CCCC(=O)COCCCC(C)C. The van der Waals surface area contributed by atoms with Crippen LogP contribution in [0.25, 0.3) is 0 Å². The molecule has 0 rings (SSSR count). The molecule has 0 saturated carbocycles. The number of hydrogen-bond acceptors (Lipinski definition) is 2. The Balaban J connectivity index is 3.11. The van der Waals surface area contributed by atoms with Crippen LogP contribution in [0, 0.1) is 5.92 Å². The maximum absolute atomic E-state index is 11.0. The van der Waals surface area contributed by atoms with E-state index in [1.807, 2.05) is 6.92 Å². The number of carbonyl (C=O) groups excluding carboxylic acids is 1. The largest absolute Gasteiger partial charge is 0.374 e. The number of ether oxygens (including phenoxy) is 1. The Morgan fingerprint density at radius 3 is 2.62 bits per heavy atom. The van der Waals surface area contributed by atoms with Gasteiger partial charge in [-0.1, -0.05) is 20.8 Å². The minimum Gasteiger partial charge on any atom is -0.374 e. The summed E-state index contributed by atoms with van der Waals surface area (Å²) in [4.78, 5) is 11.0. The van der Waals surface area contributed by atoms with Crippen LogP contribution >= 0.6 is 0 Å². The third-order valence-electron chi connectivity index (χ3n) is 1.86. The minimum atomic E-state index is 0.229. The van der Waals surface area contributed by atoms with Crippen molar-refractivity contribution in [2.45, 2.75) is 46.5 Å². The van der Waals surface area contributed by atoms with Gasteiger partial charge in [0.15, 0.2) is 5.78 Å². The molecule has 0 heterocycles. The fourth-order valence-corrected chi connectivity index (χ4v) is 1.13. The minimum absolute atomic E-state index is 0.229. The lowest BCUT2D eigenvalue weighted by Crippen LogP contribution is -2.09. The zero-order valence-electron chi connectivity index (χ0n) is 9.14. The molecule has 2 heteroatoms. The molecular weight excluding hydrogens is 164 g/mol. The van der Waals surface area contributed by atoms with Gasteiger partial charge >= 0.3 is 0 Å². The number of hydrogen-bond donors (Lipinski definition) is 0. The van der Waals surface area contributed by atoms with Crippen molar-refractivity contribution in [3.63, 3.8) is 0 Å². The van der Waals surface area contributed by atoms with Crippen molar-refractivity contribution in [2.75, 3.05) is 13.2 Å². The van der Waals surface area contributed by atoms with E-state index in [4.69, 9.17) is 4.74 Å². The average molecular weight is 186 g/mol. The molecule has 0 aromatic heterocycles. The van der Waals surface area contributed by atoms with E-state index in [1.54, 1.807) is 0 Å². The Labute approximate surface area is 81.7 Å². The highest BCUT2D eigenvalue weighted by atomic mass is 16.5. The van der Waals surface area contributed by atoms with E-state index in [0.717, 1.165) is 25.4 Å². The summed E-state index contributed by atoms with van der Waals surface area (Å²) in [7, 11) is 0. The predicted octanol–water partition coefficient (Wildman–Crippen LogP) is 2.81. The summed E-state index contributed by atoms with van der Waals surface area (Å²) in [6.07, 6.45) is 3.83. The van der Waals surface area contributed by atoms with Gasteiger partial charge in [0.2, 0.25) is 0 Å². The summed E-state index contributed by atoms with van der Waals surface area (Å²) in [6, 6.07) is 0. The molecule has 0 N–H and O–H groups in total. The van der Waals surface area contributed by atoms with Gasteiger partial charge in [0.05, 0.1) is 0 Å². The highest BCUT2D eigenvalue weighted by molar-refractivity contribution is 5.79. The molecule has 0 unspecified atom stereocenters. The molecule has 0 fully saturated rings. The second-order valence-electron chi connectivity index (χ2n) is 3.88. The second kappa shape index (κ2) is 8.24. The third-order valence-corrected chi connectivity index (χ3v) is 1.86. The first kappa shape index (κ1) is 12.6. The Morgan fingerprint density at radius 1 is 1.38 bits per heavy atom. The van der Waals surface area contributed by atoms with Crippen LogP contribution in [0.15, 0.2) is 0 Å². The van der Waals surface area contributed by atoms with Crippen LogP contribution in [0.1, 0.15) is 46.5 Å². The highest BCUT2D eigenvalue weighted by Crippen LogP contribution is 2.03. The summed E-state index contributed by atoms with van der Waals surface area (Å²) in [6.45, 7) is 7.45. The van der Waals surface area contributed by atoms with Gasteiger partial charge in [-0.05, 0) is 25.2 Å². The molecule has 0 aliphatic rings. The number of Topliss-reactive ketones (excluding diaryl/α,β-unsaturated/α-hetero) is 1. The lowest BCUT2D eigenvalue weighted by Gasteiger charge is -2.04. The van der Waals surface area contributed by atoms with Gasteiger partial charge in [0.25, 0.3) is 0 Å². The van der Waals surface area contributed by atoms with Gasteiger partial charge in [-0.25, -0.2) is 0 Å². The van der Waals surface area contributed by atoms with Gasteiger partial charge in [-0.15, -0.1) is 0 Å². The van der Waals surface area contributed by atoms with Crippen LogP contribution in [0.3, 0.4) is 0 Å². The zero-order valence-corrected chi connectivity index (χ0v) is 9.14. The molecule has 0 saturated heterocycles. The highest BCUT2D eigenvalue weighted by Gasteiger charge is 1.99. The smallest absolute Gasteiger partial charge is 0.158 e. The molecule has 0 aromatic carbocycles. The van der Waals surface area contributed by atoms with Crippen LogP contribution in [-0.4, -0.2) is 19.0 Å². The molecule has 0 aliphatic carbocycles. The van der Waals surface area contributed by atoms with Crippen LogP contribution in [0.2, 0.25) is 0 Å². The molecule has 0 bridgehead atoms. The fraction of sp³-hybridized carbons (Fsp3) is 0.909. The molecule has 13 heavy (non-hydrogen) atoms. The van der Waals surface area contributed by atoms with Crippen LogP contribution < -0.4 is 0 Å². The summed E-state index contributed by atoms with van der Waals surface area (Å²) >= 11 is 0. The first-order valence-electron chi connectivity index (χ1n) is 5.26. The van der Waals surface area contributed by atoms with Crippen LogP contribution in [0.4, 0.5) is 0 Å². The van der Waals surface area contributed by atoms with Crippen molar-refractivity contribution >= 4 is 5.78 Å². The predicted molar refractivity (Wildman–Crippen MR) is 54.8 cm³/mol. The Hall–Kier alpha value is -0.370. The topological polar surface area (TPSA) is 26.3 Å². The van der Waals surface area contributed by atoms with E-state index in [2.05, 4.69) is 13.8 Å². The van der Waals surface area contributed by atoms with E-state index in [9.17, 15) is 4.79 Å². The standard InChI is InChI=1S/C11H22O2/c1-4-6-11(12)9-13-8-5-7-10(2)3/h10H,4-9H2,1-3H3. The fourth-order valence-electron chi connectivity index (χ4n) is 1.13. The van der Waals surface area contributed by atoms with Crippen molar-refractivity contribution < 1.29 is 9.53 Å². The van der Waals surface area contributed by atoms with Gasteiger partial charge < -0.3 is 4.74 Å². The van der Waals surface area contributed by atoms with Gasteiger partial charge in [-0.3, -0.25) is 4.79 Å². The molecule has 0 aromatic rings. The van der Waals surface area contributed by atoms with Gasteiger partial charge in [0.1, 0.15) is 6.61 Å². The van der Waals surface area contributed by atoms with Gasteiger partial charge in [0, 0.05) is 13.0 Å². The second-order valence-corrected chi connectivity index (χ2v) is 3.88. The van der Waals surface area contributed by atoms with E-state index in [0.29, 0.717) is 13.0 Å². The zero-order chi connectivity index (χ0) is 10.1. The number of rotatable bonds is 8. The maximum atomic E-state index is 11.0. The molecule has 0 amide bonds. The molecule has 0 radical (unpaired) electrons. The van der Waals surface area contributed by atoms with Crippen molar-refractivity contribution in [3.8, 4) is 0 Å². The van der Waals surface area contributed by atoms with Crippen molar-refractivity contribution in [1.82, 2.24) is 0 Å². The van der Waals surface area contributed by atoms with E-state index in [1.165, 1.54) is 6.42 Å². The van der Waals surface area contributed by atoms with Crippen molar-refractivity contribution in [1.29, 1.82) is 0 Å². The molecule has 2 nitrogen and oxygen atoms in total. The van der Waals surface area contributed by atoms with Crippen LogP contribution in [0.5, 0.6) is 0 Å². The molecule has 0 aliphatic heterocycles. The molecule has 78 valence electrons. The normalized spacial score (nSPS) is 10.8. The molecule has 0 atom stereocenters. The lowest BCUT2D eigenvalue weighted by molar-refractivity contribution is -0.123. The Kier molecular flexibility index (Phi) is 8.00. The maximum Gasteiger partial charge on any atom is 0.158 e.